The van der Waals surface area contributed by atoms with Crippen molar-refractivity contribution in [1.29, 1.82) is 0 Å². The number of halogens is 1. The Morgan fingerprint density at radius 1 is 0.967 bits per heavy atom. The molecular formula is C24H17BrN2OS2. The van der Waals surface area contributed by atoms with E-state index in [1.54, 1.807) is 4.90 Å². The molecule has 30 heavy (non-hydrogen) atoms. The number of fused-ring (bicyclic) bond motifs is 2. The molecule has 1 aliphatic heterocycles. The van der Waals surface area contributed by atoms with Crippen molar-refractivity contribution in [1.82, 2.24) is 9.88 Å². The van der Waals surface area contributed by atoms with E-state index in [1.807, 2.05) is 60.7 Å². The molecular weight excluding hydrogens is 476 g/mol. The Bertz CT molecular complexity index is 1250. The van der Waals surface area contributed by atoms with Crippen molar-refractivity contribution in [3.8, 4) is 0 Å². The fourth-order valence-corrected chi connectivity index (χ4v) is 5.34. The molecule has 2 heterocycles. The molecule has 0 N–H and O–H groups in total. The Kier molecular flexibility index (Phi) is 5.31. The number of carbonyl (C=O) groups is 1. The van der Waals surface area contributed by atoms with Crippen LogP contribution >= 0.6 is 40.3 Å². The number of rotatable bonds is 3. The maximum Gasteiger partial charge on any atom is 0.287 e. The number of hydrogen-bond donors (Lipinski definition) is 1. The minimum Gasteiger partial charge on any atom is -0.313 e. The highest BCUT2D eigenvalue weighted by atomic mass is 79.9. The van der Waals surface area contributed by atoms with E-state index in [2.05, 4.69) is 34.1 Å². The first-order valence-electron chi connectivity index (χ1n) is 9.50. The van der Waals surface area contributed by atoms with Gasteiger partial charge in [-0.2, -0.15) is 0 Å². The summed E-state index contributed by atoms with van der Waals surface area (Å²) in [4.78, 5) is 20.3. The summed E-state index contributed by atoms with van der Waals surface area (Å²) in [5.41, 5.74) is 4.04. The van der Waals surface area contributed by atoms with Gasteiger partial charge in [0.2, 0.25) is 0 Å². The largest absolute Gasteiger partial charge is 0.313 e. The van der Waals surface area contributed by atoms with Crippen LogP contribution in [0.5, 0.6) is 0 Å². The normalized spacial score (nSPS) is 18.1. The summed E-state index contributed by atoms with van der Waals surface area (Å²) in [7, 11) is 0. The van der Waals surface area contributed by atoms with Crippen molar-refractivity contribution in [2.75, 3.05) is 0 Å². The van der Waals surface area contributed by atoms with Gasteiger partial charge in [0.1, 0.15) is 5.37 Å². The molecule has 0 aliphatic carbocycles. The summed E-state index contributed by atoms with van der Waals surface area (Å²) in [6.07, 6.45) is 2.11. The Morgan fingerprint density at radius 3 is 2.20 bits per heavy atom. The van der Waals surface area contributed by atoms with Gasteiger partial charge in [-0.05, 0) is 53.2 Å². The van der Waals surface area contributed by atoms with Crippen LogP contribution in [0.25, 0.3) is 27.9 Å². The highest BCUT2D eigenvalue weighted by Crippen LogP contribution is 2.41. The van der Waals surface area contributed by atoms with Crippen LogP contribution in [0.15, 0.2) is 82.2 Å². The number of pyridine rings is 1. The van der Waals surface area contributed by atoms with Crippen molar-refractivity contribution in [2.45, 2.75) is 11.9 Å². The van der Waals surface area contributed by atoms with E-state index in [-0.39, 0.29) is 10.6 Å². The van der Waals surface area contributed by atoms with E-state index in [9.17, 15) is 4.79 Å². The van der Waals surface area contributed by atoms with E-state index in [0.717, 1.165) is 42.3 Å². The van der Waals surface area contributed by atoms with E-state index < -0.39 is 0 Å². The van der Waals surface area contributed by atoms with Crippen LogP contribution in [0.1, 0.15) is 11.1 Å². The van der Waals surface area contributed by atoms with Crippen LogP contribution in [0.2, 0.25) is 0 Å². The zero-order chi connectivity index (χ0) is 20.7. The molecule has 1 unspecified atom stereocenters. The summed E-state index contributed by atoms with van der Waals surface area (Å²) in [5, 5.41) is 1.89. The number of thiol groups is 1. The number of nitrogens with zero attached hydrogens (tertiary/aromatic N) is 2. The molecule has 6 heteroatoms. The van der Waals surface area contributed by atoms with Gasteiger partial charge in [-0.25, -0.2) is 4.98 Å². The molecule has 1 saturated heterocycles. The third-order valence-electron chi connectivity index (χ3n) is 5.17. The molecule has 1 fully saturated rings. The van der Waals surface area contributed by atoms with Crippen LogP contribution in [0.3, 0.4) is 0 Å². The van der Waals surface area contributed by atoms with Crippen molar-refractivity contribution in [2.24, 2.45) is 0 Å². The summed E-state index contributed by atoms with van der Waals surface area (Å²) >= 11 is 9.51. The zero-order valence-corrected chi connectivity index (χ0v) is 19.1. The first kappa shape index (κ1) is 19.7. The number of benzene rings is 3. The van der Waals surface area contributed by atoms with Gasteiger partial charge in [0.05, 0.1) is 11.0 Å². The van der Waals surface area contributed by atoms with Crippen molar-refractivity contribution in [3.05, 3.63) is 93.3 Å². The number of carbonyl (C=O) groups excluding carboxylic acids is 1. The lowest BCUT2D eigenvalue weighted by Gasteiger charge is -2.20. The molecule has 0 bridgehead atoms. The van der Waals surface area contributed by atoms with Gasteiger partial charge >= 0.3 is 0 Å². The minimum atomic E-state index is -0.281. The van der Waals surface area contributed by atoms with E-state index in [1.165, 1.54) is 11.8 Å². The number of thioether (sulfide) groups is 1. The Morgan fingerprint density at radius 2 is 1.57 bits per heavy atom. The maximum absolute atomic E-state index is 12.8. The smallest absolute Gasteiger partial charge is 0.287 e. The Labute approximate surface area is 192 Å². The van der Waals surface area contributed by atoms with Crippen molar-refractivity contribution >= 4 is 73.4 Å². The van der Waals surface area contributed by atoms with Crippen LogP contribution in [0, 0.1) is 0 Å². The number of amides is 1. The summed E-state index contributed by atoms with van der Waals surface area (Å²) in [6, 6.07) is 24.3. The lowest BCUT2D eigenvalue weighted by molar-refractivity contribution is 0.225. The summed E-state index contributed by atoms with van der Waals surface area (Å²) in [5.74, 6) is 0. The molecule has 1 atom stereocenters. The molecule has 0 radical (unpaired) electrons. The lowest BCUT2D eigenvalue weighted by atomic mass is 10.0. The minimum absolute atomic E-state index is 0.0202. The van der Waals surface area contributed by atoms with Gasteiger partial charge < -0.3 is 4.90 Å². The second kappa shape index (κ2) is 8.10. The number of hydrogen-bond acceptors (Lipinski definition) is 4. The third kappa shape index (κ3) is 3.64. The highest BCUT2D eigenvalue weighted by Gasteiger charge is 2.34. The topological polar surface area (TPSA) is 33.2 Å². The average molecular weight is 493 g/mol. The zero-order valence-electron chi connectivity index (χ0n) is 15.8. The SMILES string of the molecule is O=C1S/C(=C\c2c3ccccc3nc3ccccc23)C(S)N1Cc1ccc(Br)cc1. The standard InChI is InChI=1S/C24H17BrN2OS2/c25-16-11-9-15(10-12-16)14-27-23(29)22(30-24(27)28)13-19-17-5-1-3-7-20(17)26-21-8-4-2-6-18(19)21/h1-13,23,29H,14H2/b22-13-. The molecule has 1 aromatic heterocycles. The molecule has 0 spiro atoms. The lowest BCUT2D eigenvalue weighted by Crippen LogP contribution is -2.28. The second-order valence-corrected chi connectivity index (χ2v) is 9.53. The van der Waals surface area contributed by atoms with Crippen LogP contribution in [0.4, 0.5) is 4.79 Å². The predicted molar refractivity (Wildman–Crippen MR) is 133 cm³/mol. The van der Waals surface area contributed by atoms with Gasteiger partial charge in [0.15, 0.2) is 0 Å². The molecule has 3 nitrogen and oxygen atoms in total. The first-order valence-corrected chi connectivity index (χ1v) is 11.6. The fourth-order valence-electron chi connectivity index (χ4n) is 3.68. The van der Waals surface area contributed by atoms with Gasteiger partial charge in [-0.15, -0.1) is 12.6 Å². The van der Waals surface area contributed by atoms with Gasteiger partial charge in [0, 0.05) is 26.7 Å². The van der Waals surface area contributed by atoms with Gasteiger partial charge in [0.25, 0.3) is 5.24 Å². The molecule has 4 aromatic rings. The van der Waals surface area contributed by atoms with Crippen molar-refractivity contribution in [3.63, 3.8) is 0 Å². The summed E-state index contributed by atoms with van der Waals surface area (Å²) < 4.78 is 1.02. The highest BCUT2D eigenvalue weighted by molar-refractivity contribution is 9.10. The van der Waals surface area contributed by atoms with E-state index >= 15 is 0 Å². The summed E-state index contributed by atoms with van der Waals surface area (Å²) in [6.45, 7) is 0.530. The third-order valence-corrected chi connectivity index (χ3v) is 7.42. The molecule has 1 amide bonds. The first-order chi connectivity index (χ1) is 14.6. The average Bonchev–Trinajstić information content (AvgIpc) is 3.02. The molecule has 1 aliphatic rings. The molecule has 5 rings (SSSR count). The van der Waals surface area contributed by atoms with Crippen molar-refractivity contribution < 1.29 is 4.79 Å². The van der Waals surface area contributed by atoms with Crippen LogP contribution in [-0.2, 0) is 6.54 Å². The monoisotopic (exact) mass is 492 g/mol. The predicted octanol–water partition coefficient (Wildman–Crippen LogP) is 7.12. The number of aromatic nitrogens is 1. The maximum atomic E-state index is 12.8. The second-order valence-electron chi connectivity index (χ2n) is 7.10. The van der Waals surface area contributed by atoms with E-state index in [4.69, 9.17) is 17.6 Å². The Balaban J connectivity index is 1.57. The Hall–Kier alpha value is -2.28. The van der Waals surface area contributed by atoms with Crippen LogP contribution in [-0.4, -0.2) is 20.5 Å². The van der Waals surface area contributed by atoms with Crippen LogP contribution < -0.4 is 0 Å². The fraction of sp³-hybridized carbons (Fsp3) is 0.0833. The molecule has 148 valence electrons. The number of para-hydroxylation sites is 2. The van der Waals surface area contributed by atoms with Gasteiger partial charge in [-0.1, -0.05) is 64.5 Å². The molecule has 3 aromatic carbocycles. The van der Waals surface area contributed by atoms with Gasteiger partial charge in [-0.3, -0.25) is 4.79 Å². The quantitative estimate of drug-likeness (QED) is 0.244. The molecule has 0 saturated carbocycles. The van der Waals surface area contributed by atoms with E-state index in [0.29, 0.717) is 6.54 Å².